The predicted molar refractivity (Wildman–Crippen MR) is 26.4 cm³/mol. The van der Waals surface area contributed by atoms with E-state index in [0.717, 1.165) is 0 Å². The van der Waals surface area contributed by atoms with Gasteiger partial charge in [0, 0.05) is 0 Å². The molecule has 0 aromatic rings. The fourth-order valence-corrected chi connectivity index (χ4v) is 0.622. The second kappa shape index (κ2) is 1.64. The molecule has 1 aliphatic carbocycles. The molecule has 0 fully saturated rings. The summed E-state index contributed by atoms with van der Waals surface area (Å²) in [4.78, 5) is 0. The lowest BCUT2D eigenvalue weighted by Crippen LogP contribution is -2.66. The molecule has 0 aromatic heterocycles. The highest BCUT2D eigenvalue weighted by atomic mass is 16.3. The molecule has 2 nitrogen and oxygen atoms in total. The van der Waals surface area contributed by atoms with Crippen molar-refractivity contribution in [2.24, 2.45) is 5.92 Å². The van der Waals surface area contributed by atoms with Gasteiger partial charge in [0.05, 0.1) is 12.5 Å². The van der Waals surface area contributed by atoms with Gasteiger partial charge in [-0.25, -0.2) is 0 Å². The first-order valence-electron chi connectivity index (χ1n) is 2.47. The lowest BCUT2D eigenvalue weighted by Gasteiger charge is -2.19. The van der Waals surface area contributed by atoms with Crippen LogP contribution in [0.15, 0.2) is 12.2 Å². The van der Waals surface area contributed by atoms with Crippen molar-refractivity contribution in [3.05, 3.63) is 12.2 Å². The van der Waals surface area contributed by atoms with E-state index in [0.29, 0.717) is 12.0 Å². The lowest BCUT2D eigenvalue weighted by atomic mass is 9.91. The molecule has 7 heavy (non-hydrogen) atoms. The molecule has 40 valence electrons. The summed E-state index contributed by atoms with van der Waals surface area (Å²) in [5, 5.41) is 8.47. The normalized spacial score (nSPS) is 38.0. The Morgan fingerprint density at radius 3 is 2.29 bits per heavy atom. The molecule has 4 N–H and O–H groups in total. The molecule has 2 heteroatoms. The first kappa shape index (κ1) is 4.81. The van der Waals surface area contributed by atoms with Crippen LogP contribution in [0.25, 0.3) is 0 Å². The predicted octanol–water partition coefficient (Wildman–Crippen LogP) is -1.22. The van der Waals surface area contributed by atoms with Gasteiger partial charge in [0.25, 0.3) is 0 Å². The molecule has 0 amide bonds. The van der Waals surface area contributed by atoms with Crippen LogP contribution in [0.1, 0.15) is 0 Å². The number of hydrogen-bond acceptors (Lipinski definition) is 1. The number of hydrogen-bond donors (Lipinski definition) is 2. The van der Waals surface area contributed by atoms with Crippen molar-refractivity contribution in [1.82, 2.24) is 0 Å². The first-order valence-corrected chi connectivity index (χ1v) is 2.47. The van der Waals surface area contributed by atoms with Gasteiger partial charge in [-0.2, -0.15) is 0 Å². The highest BCUT2D eigenvalue weighted by Crippen LogP contribution is 2.11. The van der Waals surface area contributed by atoms with E-state index in [-0.39, 0.29) is 6.61 Å². The highest BCUT2D eigenvalue weighted by molar-refractivity contribution is 5.08. The minimum atomic E-state index is 0.255. The van der Waals surface area contributed by atoms with E-state index in [1.54, 1.807) is 0 Å². The number of quaternary nitrogens is 1. The molecule has 1 rings (SSSR count). The van der Waals surface area contributed by atoms with Crippen molar-refractivity contribution in [2.75, 3.05) is 6.61 Å². The smallest absolute Gasteiger partial charge is 0.112 e. The standard InChI is InChI=1S/C5H9NO/c6-5-2-1-4(5)3-7/h1-2,4-5,7H,3,6H2/p+1/t4-,5-/m0/s1. The van der Waals surface area contributed by atoms with E-state index in [2.05, 4.69) is 5.73 Å². The second-order valence-electron chi connectivity index (χ2n) is 1.90. The second-order valence-corrected chi connectivity index (χ2v) is 1.90. The molecule has 2 atom stereocenters. The van der Waals surface area contributed by atoms with Gasteiger partial charge in [-0.05, 0) is 6.08 Å². The van der Waals surface area contributed by atoms with Crippen LogP contribution in [0, 0.1) is 5.92 Å². The molecule has 0 unspecified atom stereocenters. The van der Waals surface area contributed by atoms with E-state index in [9.17, 15) is 0 Å². The zero-order chi connectivity index (χ0) is 5.28. The lowest BCUT2D eigenvalue weighted by molar-refractivity contribution is -0.419. The Labute approximate surface area is 42.6 Å². The molecule has 0 aliphatic heterocycles. The van der Waals surface area contributed by atoms with Gasteiger partial charge >= 0.3 is 0 Å². The molecule has 0 aromatic carbocycles. The number of aliphatic hydroxyl groups is 1. The van der Waals surface area contributed by atoms with Crippen molar-refractivity contribution < 1.29 is 10.8 Å². The summed E-state index contributed by atoms with van der Waals surface area (Å²) in [7, 11) is 0. The SMILES string of the molecule is [NH3+][C@H]1C=C[C@H]1CO. The van der Waals surface area contributed by atoms with Crippen LogP contribution in [0.5, 0.6) is 0 Å². The molecule has 0 bridgehead atoms. The Kier molecular flexibility index (Phi) is 1.13. The van der Waals surface area contributed by atoms with Crippen molar-refractivity contribution in [1.29, 1.82) is 0 Å². The minimum absolute atomic E-state index is 0.255. The Balaban J connectivity index is 2.33. The summed E-state index contributed by atoms with van der Waals surface area (Å²) in [5.74, 6) is 0.347. The van der Waals surface area contributed by atoms with Crippen molar-refractivity contribution in [2.45, 2.75) is 6.04 Å². The van der Waals surface area contributed by atoms with Gasteiger partial charge in [0.2, 0.25) is 0 Å². The molecule has 0 spiro atoms. The van der Waals surface area contributed by atoms with Crippen LogP contribution in [0.4, 0.5) is 0 Å². The van der Waals surface area contributed by atoms with Gasteiger partial charge in [-0.15, -0.1) is 0 Å². The maximum atomic E-state index is 8.47. The Morgan fingerprint density at radius 1 is 1.57 bits per heavy atom. The van der Waals surface area contributed by atoms with Gasteiger partial charge in [0.1, 0.15) is 6.04 Å². The third-order valence-corrected chi connectivity index (χ3v) is 1.37. The zero-order valence-electron chi connectivity index (χ0n) is 4.17. The van der Waals surface area contributed by atoms with Crippen LogP contribution in [-0.4, -0.2) is 17.8 Å². The maximum absolute atomic E-state index is 8.47. The Bertz CT molecular complexity index is 90.1. The topological polar surface area (TPSA) is 47.9 Å². The maximum Gasteiger partial charge on any atom is 0.112 e. The minimum Gasteiger partial charge on any atom is -0.396 e. The molecule has 1 aliphatic rings. The quantitative estimate of drug-likeness (QED) is 0.398. The van der Waals surface area contributed by atoms with Gasteiger partial charge in [-0.3, -0.25) is 0 Å². The van der Waals surface area contributed by atoms with Crippen LogP contribution < -0.4 is 5.73 Å². The largest absolute Gasteiger partial charge is 0.396 e. The monoisotopic (exact) mass is 100 g/mol. The average molecular weight is 100 g/mol. The number of aliphatic hydroxyl groups excluding tert-OH is 1. The van der Waals surface area contributed by atoms with Crippen LogP contribution in [0.2, 0.25) is 0 Å². The molecular formula is C5H10NO+. The Morgan fingerprint density at radius 2 is 2.29 bits per heavy atom. The van der Waals surface area contributed by atoms with Crippen LogP contribution in [0.3, 0.4) is 0 Å². The molecule has 0 saturated carbocycles. The first-order chi connectivity index (χ1) is 3.34. The summed E-state index contributed by atoms with van der Waals surface area (Å²) in [5.41, 5.74) is 3.75. The summed E-state index contributed by atoms with van der Waals surface area (Å²) < 4.78 is 0. The summed E-state index contributed by atoms with van der Waals surface area (Å²) in [6, 6.07) is 0.366. The van der Waals surface area contributed by atoms with Gasteiger partial charge in [-0.1, -0.05) is 6.08 Å². The third-order valence-electron chi connectivity index (χ3n) is 1.37. The van der Waals surface area contributed by atoms with Crippen LogP contribution >= 0.6 is 0 Å². The van der Waals surface area contributed by atoms with Crippen molar-refractivity contribution >= 4 is 0 Å². The van der Waals surface area contributed by atoms with E-state index in [4.69, 9.17) is 5.11 Å². The molecule has 0 radical (unpaired) electrons. The van der Waals surface area contributed by atoms with Crippen LogP contribution in [-0.2, 0) is 0 Å². The third kappa shape index (κ3) is 0.667. The summed E-state index contributed by atoms with van der Waals surface area (Å²) in [6.45, 7) is 0.255. The van der Waals surface area contributed by atoms with Gasteiger partial charge in [0.15, 0.2) is 0 Å². The fourth-order valence-electron chi connectivity index (χ4n) is 0.622. The molecular weight excluding hydrogens is 90.1 g/mol. The summed E-state index contributed by atoms with van der Waals surface area (Å²) >= 11 is 0. The number of rotatable bonds is 1. The fraction of sp³-hybridized carbons (Fsp3) is 0.600. The summed E-state index contributed by atoms with van der Waals surface area (Å²) in [6.07, 6.45) is 3.98. The van der Waals surface area contributed by atoms with E-state index >= 15 is 0 Å². The highest BCUT2D eigenvalue weighted by Gasteiger charge is 2.21. The van der Waals surface area contributed by atoms with E-state index in [1.807, 2.05) is 12.2 Å². The van der Waals surface area contributed by atoms with Gasteiger partial charge < -0.3 is 10.8 Å². The van der Waals surface area contributed by atoms with E-state index in [1.165, 1.54) is 0 Å². The zero-order valence-corrected chi connectivity index (χ0v) is 4.17. The van der Waals surface area contributed by atoms with Crippen molar-refractivity contribution in [3.63, 3.8) is 0 Å². The molecule has 0 saturated heterocycles. The molecule has 0 heterocycles. The average Bonchev–Trinajstić information content (AvgIpc) is 1.65. The van der Waals surface area contributed by atoms with E-state index < -0.39 is 0 Å². The van der Waals surface area contributed by atoms with Crippen molar-refractivity contribution in [3.8, 4) is 0 Å². The Hall–Kier alpha value is -0.340.